The minimum Gasteiger partial charge on any atom is -0.324 e. The summed E-state index contributed by atoms with van der Waals surface area (Å²) in [6.07, 6.45) is 6.11. The van der Waals surface area contributed by atoms with Gasteiger partial charge in [0.05, 0.1) is 11.7 Å². The molecule has 0 aromatic carbocycles. The maximum absolute atomic E-state index is 12.8. The van der Waals surface area contributed by atoms with Crippen molar-refractivity contribution in [1.82, 2.24) is 15.1 Å². The quantitative estimate of drug-likeness (QED) is 0.817. The van der Waals surface area contributed by atoms with E-state index in [-0.39, 0.29) is 11.7 Å². The Morgan fingerprint density at radius 1 is 1.24 bits per heavy atom. The molecule has 21 heavy (non-hydrogen) atoms. The van der Waals surface area contributed by atoms with Gasteiger partial charge in [-0.2, -0.15) is 0 Å². The molecule has 1 amide bonds. The van der Waals surface area contributed by atoms with Crippen LogP contribution in [-0.4, -0.2) is 53.6 Å². The Balaban J connectivity index is 1.97. The first-order valence-electron chi connectivity index (χ1n) is 8.77. The third kappa shape index (κ3) is 3.98. The number of likely N-dealkylation sites (tertiary alicyclic amines) is 1. The highest BCUT2D eigenvalue weighted by molar-refractivity contribution is 5.88. The van der Waals surface area contributed by atoms with Crippen LogP contribution in [-0.2, 0) is 4.79 Å². The molecule has 0 spiro atoms. The van der Waals surface area contributed by atoms with Gasteiger partial charge >= 0.3 is 0 Å². The van der Waals surface area contributed by atoms with Crippen LogP contribution in [0.1, 0.15) is 59.8 Å². The Hall–Kier alpha value is -0.610. The minimum absolute atomic E-state index is 0.215. The SMILES string of the molecule is CCC1(C)NC(CC(C)C)N(CCN2CCCCC2)C1=O. The second-order valence-electron chi connectivity index (χ2n) is 7.38. The van der Waals surface area contributed by atoms with Crippen LogP contribution < -0.4 is 5.32 Å². The van der Waals surface area contributed by atoms with E-state index in [1.54, 1.807) is 0 Å². The zero-order valence-electron chi connectivity index (χ0n) is 14.3. The van der Waals surface area contributed by atoms with Gasteiger partial charge in [0.1, 0.15) is 0 Å². The predicted molar refractivity (Wildman–Crippen MR) is 87.1 cm³/mol. The van der Waals surface area contributed by atoms with E-state index in [4.69, 9.17) is 0 Å². The van der Waals surface area contributed by atoms with E-state index >= 15 is 0 Å². The molecule has 0 aromatic rings. The van der Waals surface area contributed by atoms with E-state index in [1.807, 2.05) is 0 Å². The number of piperidine rings is 1. The van der Waals surface area contributed by atoms with Crippen molar-refractivity contribution in [3.8, 4) is 0 Å². The molecule has 4 heteroatoms. The highest BCUT2D eigenvalue weighted by atomic mass is 16.2. The van der Waals surface area contributed by atoms with Gasteiger partial charge < -0.3 is 9.80 Å². The molecule has 2 aliphatic heterocycles. The smallest absolute Gasteiger partial charge is 0.243 e. The molecule has 122 valence electrons. The van der Waals surface area contributed by atoms with Gasteiger partial charge in [-0.25, -0.2) is 0 Å². The fourth-order valence-corrected chi connectivity index (χ4v) is 3.54. The van der Waals surface area contributed by atoms with Crippen LogP contribution >= 0.6 is 0 Å². The van der Waals surface area contributed by atoms with Gasteiger partial charge in [-0.3, -0.25) is 10.1 Å². The summed E-state index contributed by atoms with van der Waals surface area (Å²) in [5.41, 5.74) is -0.360. The third-order valence-electron chi connectivity index (χ3n) is 5.10. The summed E-state index contributed by atoms with van der Waals surface area (Å²) in [7, 11) is 0. The van der Waals surface area contributed by atoms with Crippen molar-refractivity contribution < 1.29 is 4.79 Å². The van der Waals surface area contributed by atoms with Gasteiger partial charge in [0, 0.05) is 13.1 Å². The van der Waals surface area contributed by atoms with Crippen molar-refractivity contribution in [1.29, 1.82) is 0 Å². The molecule has 0 bridgehead atoms. The second kappa shape index (κ2) is 7.10. The normalized spacial score (nSPS) is 31.4. The molecule has 0 aliphatic carbocycles. The first-order valence-corrected chi connectivity index (χ1v) is 8.77. The molecule has 0 saturated carbocycles. The summed E-state index contributed by atoms with van der Waals surface area (Å²) in [5, 5.41) is 3.59. The maximum atomic E-state index is 12.8. The van der Waals surface area contributed by atoms with E-state index in [2.05, 4.69) is 42.8 Å². The van der Waals surface area contributed by atoms with Gasteiger partial charge in [-0.05, 0) is 51.6 Å². The lowest BCUT2D eigenvalue weighted by Crippen LogP contribution is -2.44. The Morgan fingerprint density at radius 2 is 1.90 bits per heavy atom. The summed E-state index contributed by atoms with van der Waals surface area (Å²) in [4.78, 5) is 17.4. The molecule has 2 rings (SSSR count). The highest BCUT2D eigenvalue weighted by Crippen LogP contribution is 2.26. The lowest BCUT2D eigenvalue weighted by atomic mass is 9.99. The third-order valence-corrected chi connectivity index (χ3v) is 5.10. The largest absolute Gasteiger partial charge is 0.324 e. The predicted octanol–water partition coefficient (Wildman–Crippen LogP) is 2.45. The van der Waals surface area contributed by atoms with Gasteiger partial charge in [-0.1, -0.05) is 27.2 Å². The lowest BCUT2D eigenvalue weighted by Gasteiger charge is -2.31. The molecule has 0 aromatic heterocycles. The van der Waals surface area contributed by atoms with Crippen LogP contribution in [0.2, 0.25) is 0 Å². The molecule has 1 N–H and O–H groups in total. The standard InChI is InChI=1S/C17H33N3O/c1-5-17(4)16(21)20(15(18-17)13-14(2)3)12-11-19-9-7-6-8-10-19/h14-15,18H,5-13H2,1-4H3. The van der Waals surface area contributed by atoms with E-state index in [0.717, 1.165) is 25.9 Å². The second-order valence-corrected chi connectivity index (χ2v) is 7.38. The number of carbonyl (C=O) groups is 1. The number of nitrogens with one attached hydrogen (secondary N) is 1. The van der Waals surface area contributed by atoms with Crippen LogP contribution in [0, 0.1) is 5.92 Å². The molecule has 2 heterocycles. The average molecular weight is 295 g/mol. The number of carbonyl (C=O) groups excluding carboxylic acids is 1. The van der Waals surface area contributed by atoms with Crippen molar-refractivity contribution in [2.24, 2.45) is 5.92 Å². The topological polar surface area (TPSA) is 35.6 Å². The summed E-state index contributed by atoms with van der Waals surface area (Å²) in [5.74, 6) is 0.902. The molecule has 2 fully saturated rings. The fourth-order valence-electron chi connectivity index (χ4n) is 3.54. The Labute approximate surface area is 130 Å². The molecule has 4 nitrogen and oxygen atoms in total. The zero-order valence-corrected chi connectivity index (χ0v) is 14.3. The molecule has 2 saturated heterocycles. The zero-order chi connectivity index (χ0) is 15.5. The molecule has 0 radical (unpaired) electrons. The van der Waals surface area contributed by atoms with Crippen molar-refractivity contribution in [2.45, 2.75) is 71.5 Å². The van der Waals surface area contributed by atoms with Crippen LogP contribution in [0.4, 0.5) is 0 Å². The minimum atomic E-state index is -0.360. The Bertz CT molecular complexity index is 352. The van der Waals surface area contributed by atoms with Crippen LogP contribution in [0.3, 0.4) is 0 Å². The first-order chi connectivity index (χ1) is 9.96. The summed E-state index contributed by atoms with van der Waals surface area (Å²) < 4.78 is 0. The van der Waals surface area contributed by atoms with Crippen LogP contribution in [0.15, 0.2) is 0 Å². The number of hydrogen-bond donors (Lipinski definition) is 1. The number of amides is 1. The molecular formula is C17H33N3O. The van der Waals surface area contributed by atoms with E-state index in [9.17, 15) is 4.79 Å². The summed E-state index contributed by atoms with van der Waals surface area (Å²) in [6.45, 7) is 12.9. The van der Waals surface area contributed by atoms with E-state index in [0.29, 0.717) is 11.8 Å². The van der Waals surface area contributed by atoms with Crippen LogP contribution in [0.25, 0.3) is 0 Å². The number of nitrogens with zero attached hydrogens (tertiary/aromatic N) is 2. The molecule has 2 atom stereocenters. The summed E-state index contributed by atoms with van der Waals surface area (Å²) >= 11 is 0. The number of hydrogen-bond acceptors (Lipinski definition) is 3. The van der Waals surface area contributed by atoms with Crippen molar-refractivity contribution in [2.75, 3.05) is 26.2 Å². The van der Waals surface area contributed by atoms with E-state index < -0.39 is 0 Å². The Kier molecular flexibility index (Phi) is 5.67. The summed E-state index contributed by atoms with van der Waals surface area (Å²) in [6, 6.07) is 0. The molecular weight excluding hydrogens is 262 g/mol. The first kappa shape index (κ1) is 16.8. The van der Waals surface area contributed by atoms with Crippen molar-refractivity contribution in [3.05, 3.63) is 0 Å². The van der Waals surface area contributed by atoms with Gasteiger partial charge in [0.15, 0.2) is 0 Å². The van der Waals surface area contributed by atoms with E-state index in [1.165, 1.54) is 32.4 Å². The van der Waals surface area contributed by atoms with Gasteiger partial charge in [-0.15, -0.1) is 0 Å². The molecule has 2 unspecified atom stereocenters. The molecule has 2 aliphatic rings. The maximum Gasteiger partial charge on any atom is 0.243 e. The monoisotopic (exact) mass is 295 g/mol. The highest BCUT2D eigenvalue weighted by Gasteiger charge is 2.46. The fraction of sp³-hybridized carbons (Fsp3) is 0.941. The van der Waals surface area contributed by atoms with Crippen LogP contribution in [0.5, 0.6) is 0 Å². The van der Waals surface area contributed by atoms with Crippen molar-refractivity contribution >= 4 is 5.91 Å². The Morgan fingerprint density at radius 3 is 2.48 bits per heavy atom. The van der Waals surface area contributed by atoms with Gasteiger partial charge in [0.25, 0.3) is 0 Å². The lowest BCUT2D eigenvalue weighted by molar-refractivity contribution is -0.133. The number of rotatable bonds is 6. The van der Waals surface area contributed by atoms with Gasteiger partial charge in [0.2, 0.25) is 5.91 Å². The average Bonchev–Trinajstić information content (AvgIpc) is 2.69. The van der Waals surface area contributed by atoms with Crippen molar-refractivity contribution in [3.63, 3.8) is 0 Å².